The fourth-order valence-electron chi connectivity index (χ4n) is 3.21. The number of benzene rings is 2. The first kappa shape index (κ1) is 18.7. The van der Waals surface area contributed by atoms with Crippen LogP contribution in [0.25, 0.3) is 10.4 Å². The van der Waals surface area contributed by atoms with Gasteiger partial charge in [-0.25, -0.2) is 0 Å². The molecule has 1 aliphatic heterocycles. The first-order valence-electron chi connectivity index (χ1n) is 8.60. The summed E-state index contributed by atoms with van der Waals surface area (Å²) in [6, 6.07) is 11.1. The number of thiophene rings is 1. The molecular weight excluding hydrogens is 398 g/mol. The number of halogens is 1. The molecule has 7 heteroatoms. The summed E-state index contributed by atoms with van der Waals surface area (Å²) in [5.74, 6) is 1.58. The summed E-state index contributed by atoms with van der Waals surface area (Å²) in [5, 5.41) is 3.27. The van der Waals surface area contributed by atoms with E-state index in [9.17, 15) is 4.79 Å². The van der Waals surface area contributed by atoms with Crippen LogP contribution in [0.4, 0.5) is 5.69 Å². The largest absolute Gasteiger partial charge is 0.495 e. The molecule has 0 radical (unpaired) electrons. The Balaban J connectivity index is 1.67. The summed E-state index contributed by atoms with van der Waals surface area (Å²) < 4.78 is 16.4. The smallest absolute Gasteiger partial charge is 0.265 e. The van der Waals surface area contributed by atoms with Crippen LogP contribution < -0.4 is 19.5 Å². The van der Waals surface area contributed by atoms with Crippen LogP contribution >= 0.6 is 22.9 Å². The molecule has 0 spiro atoms. The SMILES string of the molecule is COc1cc(OC)c(NC(=O)c2cc3c(s2)-c2c(C)cccc2OC3)cc1Cl. The lowest BCUT2D eigenvalue weighted by Gasteiger charge is -2.19. The molecule has 1 aromatic heterocycles. The second-order valence-corrected chi connectivity index (χ2v) is 7.80. The van der Waals surface area contributed by atoms with Gasteiger partial charge in [-0.1, -0.05) is 23.7 Å². The minimum atomic E-state index is -0.228. The molecule has 0 unspecified atom stereocenters. The van der Waals surface area contributed by atoms with Gasteiger partial charge >= 0.3 is 0 Å². The highest BCUT2D eigenvalue weighted by molar-refractivity contribution is 7.17. The number of carbonyl (C=O) groups is 1. The van der Waals surface area contributed by atoms with E-state index < -0.39 is 0 Å². The third kappa shape index (κ3) is 3.19. The van der Waals surface area contributed by atoms with Crippen molar-refractivity contribution < 1.29 is 19.0 Å². The zero-order chi connectivity index (χ0) is 19.8. The molecular formula is C21H18ClNO4S. The van der Waals surface area contributed by atoms with Crippen LogP contribution in [-0.4, -0.2) is 20.1 Å². The maximum Gasteiger partial charge on any atom is 0.265 e. The van der Waals surface area contributed by atoms with Crippen molar-refractivity contribution in [3.05, 3.63) is 57.4 Å². The Kier molecular flexibility index (Phi) is 4.91. The minimum Gasteiger partial charge on any atom is -0.495 e. The summed E-state index contributed by atoms with van der Waals surface area (Å²) in [7, 11) is 3.05. The molecule has 1 amide bonds. The van der Waals surface area contributed by atoms with Crippen molar-refractivity contribution in [2.75, 3.05) is 19.5 Å². The summed E-state index contributed by atoms with van der Waals surface area (Å²) in [6.07, 6.45) is 0. The number of rotatable bonds is 4. The van der Waals surface area contributed by atoms with Crippen molar-refractivity contribution in [1.82, 2.24) is 0 Å². The van der Waals surface area contributed by atoms with Crippen LogP contribution in [0.3, 0.4) is 0 Å². The average molecular weight is 416 g/mol. The number of amides is 1. The van der Waals surface area contributed by atoms with Crippen LogP contribution in [0.2, 0.25) is 5.02 Å². The van der Waals surface area contributed by atoms with Crippen molar-refractivity contribution >= 4 is 34.5 Å². The van der Waals surface area contributed by atoms with Crippen molar-refractivity contribution in [2.24, 2.45) is 0 Å². The molecule has 0 saturated heterocycles. The van der Waals surface area contributed by atoms with Gasteiger partial charge in [0.1, 0.15) is 23.9 Å². The number of aryl methyl sites for hydroxylation is 1. The highest BCUT2D eigenvalue weighted by Crippen LogP contribution is 2.44. The molecule has 0 fully saturated rings. The van der Waals surface area contributed by atoms with E-state index >= 15 is 0 Å². The Morgan fingerprint density at radius 1 is 1.18 bits per heavy atom. The van der Waals surface area contributed by atoms with Gasteiger partial charge in [-0.3, -0.25) is 4.79 Å². The van der Waals surface area contributed by atoms with Crippen molar-refractivity contribution in [3.63, 3.8) is 0 Å². The molecule has 1 aliphatic rings. The third-order valence-corrected chi connectivity index (χ3v) is 6.09. The summed E-state index contributed by atoms with van der Waals surface area (Å²) in [4.78, 5) is 14.6. The van der Waals surface area contributed by atoms with Gasteiger partial charge in [0.05, 0.1) is 29.8 Å². The van der Waals surface area contributed by atoms with E-state index in [0.717, 1.165) is 27.3 Å². The van der Waals surface area contributed by atoms with Crippen molar-refractivity contribution in [2.45, 2.75) is 13.5 Å². The zero-order valence-electron chi connectivity index (χ0n) is 15.6. The average Bonchev–Trinajstić information content (AvgIpc) is 3.13. The van der Waals surface area contributed by atoms with Crippen molar-refractivity contribution in [3.8, 4) is 27.7 Å². The Morgan fingerprint density at radius 3 is 2.71 bits per heavy atom. The first-order valence-corrected chi connectivity index (χ1v) is 9.79. The van der Waals surface area contributed by atoms with E-state index in [2.05, 4.69) is 5.32 Å². The van der Waals surface area contributed by atoms with Gasteiger partial charge in [0.25, 0.3) is 5.91 Å². The molecule has 0 saturated carbocycles. The van der Waals surface area contributed by atoms with Gasteiger partial charge in [0, 0.05) is 22.1 Å². The van der Waals surface area contributed by atoms with Crippen molar-refractivity contribution in [1.29, 1.82) is 0 Å². The summed E-state index contributed by atoms with van der Waals surface area (Å²) in [6.45, 7) is 2.49. The maximum atomic E-state index is 12.9. The second kappa shape index (κ2) is 7.37. The number of fused-ring (bicyclic) bond motifs is 3. The Bertz CT molecular complexity index is 1080. The van der Waals surface area contributed by atoms with Crippen LogP contribution in [-0.2, 0) is 6.61 Å². The van der Waals surface area contributed by atoms with Gasteiger partial charge in [-0.15, -0.1) is 11.3 Å². The number of hydrogen-bond donors (Lipinski definition) is 1. The fourth-order valence-corrected chi connectivity index (χ4v) is 4.63. The lowest BCUT2D eigenvalue weighted by molar-refractivity contribution is 0.103. The second-order valence-electron chi connectivity index (χ2n) is 6.34. The molecule has 4 rings (SSSR count). The third-order valence-electron chi connectivity index (χ3n) is 4.60. The predicted molar refractivity (Wildman–Crippen MR) is 111 cm³/mol. The minimum absolute atomic E-state index is 0.228. The Morgan fingerprint density at radius 2 is 1.96 bits per heavy atom. The van der Waals surface area contributed by atoms with E-state index in [1.807, 2.05) is 31.2 Å². The molecule has 3 aromatic rings. The molecule has 28 heavy (non-hydrogen) atoms. The highest BCUT2D eigenvalue weighted by Gasteiger charge is 2.24. The molecule has 0 atom stereocenters. The molecule has 2 heterocycles. The molecule has 144 valence electrons. The standard InChI is InChI=1S/C21H18ClNO4S/c1-11-5-4-6-15-19(11)20-12(10-27-15)7-18(28-20)21(24)23-14-8-13(22)16(25-2)9-17(14)26-3/h4-9H,10H2,1-3H3,(H,23,24). The van der Waals surface area contributed by atoms with E-state index in [-0.39, 0.29) is 5.91 Å². The number of methoxy groups -OCH3 is 2. The Hall–Kier alpha value is -2.70. The van der Waals surface area contributed by atoms with Gasteiger partial charge in [-0.05, 0) is 30.7 Å². The molecule has 2 aromatic carbocycles. The molecule has 5 nitrogen and oxygen atoms in total. The van der Waals surface area contributed by atoms with E-state index in [0.29, 0.717) is 33.7 Å². The zero-order valence-corrected chi connectivity index (χ0v) is 17.2. The maximum absolute atomic E-state index is 12.9. The summed E-state index contributed by atoms with van der Waals surface area (Å²) >= 11 is 7.65. The quantitative estimate of drug-likeness (QED) is 0.607. The number of nitrogens with one attached hydrogen (secondary N) is 1. The predicted octanol–water partition coefficient (Wildman–Crippen LogP) is 5.54. The number of anilines is 1. The number of ether oxygens (including phenoxy) is 3. The number of hydrogen-bond acceptors (Lipinski definition) is 5. The lowest BCUT2D eigenvalue weighted by atomic mass is 10.0. The van der Waals surface area contributed by atoms with Gasteiger partial charge in [0.15, 0.2) is 0 Å². The van der Waals surface area contributed by atoms with E-state index in [1.54, 1.807) is 12.1 Å². The molecule has 0 bridgehead atoms. The van der Waals surface area contributed by atoms with Gasteiger partial charge in [0.2, 0.25) is 0 Å². The van der Waals surface area contributed by atoms with Crippen LogP contribution in [0, 0.1) is 6.92 Å². The fraction of sp³-hybridized carbons (Fsp3) is 0.190. The van der Waals surface area contributed by atoms with E-state index in [1.165, 1.54) is 25.6 Å². The highest BCUT2D eigenvalue weighted by atomic mass is 35.5. The topological polar surface area (TPSA) is 56.8 Å². The lowest BCUT2D eigenvalue weighted by Crippen LogP contribution is -2.11. The van der Waals surface area contributed by atoms with Gasteiger partial charge < -0.3 is 19.5 Å². The molecule has 0 aliphatic carbocycles. The van der Waals surface area contributed by atoms with Crippen LogP contribution in [0.1, 0.15) is 20.8 Å². The monoisotopic (exact) mass is 415 g/mol. The van der Waals surface area contributed by atoms with Crippen LogP contribution in [0.5, 0.6) is 17.2 Å². The Labute approximate surface area is 171 Å². The number of carbonyl (C=O) groups excluding carboxylic acids is 1. The first-order chi connectivity index (χ1) is 13.5. The van der Waals surface area contributed by atoms with E-state index in [4.69, 9.17) is 25.8 Å². The van der Waals surface area contributed by atoms with Crippen LogP contribution in [0.15, 0.2) is 36.4 Å². The van der Waals surface area contributed by atoms with Gasteiger partial charge in [-0.2, -0.15) is 0 Å². The normalized spacial score (nSPS) is 11.9. The molecule has 1 N–H and O–H groups in total. The summed E-state index contributed by atoms with van der Waals surface area (Å²) in [5.41, 5.74) is 3.67.